The van der Waals surface area contributed by atoms with E-state index in [2.05, 4.69) is 368 Å². The maximum atomic E-state index is 2.28. The van der Waals surface area contributed by atoms with Crippen LogP contribution in [-0.2, 0) is 60.9 Å². The normalized spacial score (nSPS) is 10.3. The van der Waals surface area contributed by atoms with Crippen molar-refractivity contribution in [3.8, 4) is 56.3 Å². The van der Waals surface area contributed by atoms with Gasteiger partial charge >= 0.3 is 0 Å². The Morgan fingerprint density at radius 2 is 0.637 bits per heavy atom. The summed E-state index contributed by atoms with van der Waals surface area (Å²) in [5.41, 5.74) is 26.8. The lowest BCUT2D eigenvalue weighted by atomic mass is 9.88. The van der Waals surface area contributed by atoms with Gasteiger partial charge in [-0.2, -0.15) is 0 Å². The predicted octanol–water partition coefficient (Wildman–Crippen LogP) is 20.6. The van der Waals surface area contributed by atoms with Gasteiger partial charge in [0.15, 0.2) is 31.0 Å². The lowest BCUT2D eigenvalue weighted by molar-refractivity contribution is -0.661. The standard InChI is InChI=1S/C18H24N.C17H22N.C16H20N.2C15H18N.5CH4/c1-14-8-6-7-9-16(14)17-11-10-15(13-19(17)5)12-18(2,3)4;1-13(2)11-15-9-10-17(18(4)12-15)16-8-6-5-7-14(16)3;1-12(2)14-9-10-16(17(4)11-14)15-8-6-5-7-13(15)3;1-4-13-9-10-16(3)15(11-13)14-8-6-5-7-12(14)2;1-4-13-9-10-15(16(3)11-13)14-8-6-5-7-12(14)2;;;;;/h6-11,13H,12H2,1-5H3;5-10,12-13H,11H2,1-4H3;5-12H,1-4H3;2*5-11H,4H2,1-3H3;5*1H4/q5*+1;;;;;. The van der Waals surface area contributed by atoms with Gasteiger partial charge in [-0.1, -0.05) is 190 Å². The first-order valence-corrected chi connectivity index (χ1v) is 31.2. The van der Waals surface area contributed by atoms with Crippen molar-refractivity contribution in [1.29, 1.82) is 0 Å². The minimum atomic E-state index is 0. The summed E-state index contributed by atoms with van der Waals surface area (Å²) in [7, 11) is 10.6. The summed E-state index contributed by atoms with van der Waals surface area (Å²) in [6, 6.07) is 65.0. The van der Waals surface area contributed by atoms with E-state index in [4.69, 9.17) is 0 Å². The molecule has 0 aliphatic carbocycles. The molecule has 0 saturated carbocycles. The Hall–Kier alpha value is -8.15. The van der Waals surface area contributed by atoms with E-state index in [1.54, 1.807) is 0 Å². The largest absolute Gasteiger partial charge is 0.212 e. The molecule has 0 saturated heterocycles. The summed E-state index contributed by atoms with van der Waals surface area (Å²) >= 11 is 0. The molecule has 0 atom stereocenters. The molecule has 0 bridgehead atoms. The Balaban J connectivity index is 0.000000562. The van der Waals surface area contributed by atoms with Crippen molar-refractivity contribution in [3.63, 3.8) is 0 Å². The average Bonchev–Trinajstić information content (AvgIpc) is 0.957. The first-order chi connectivity index (χ1) is 41.0. The maximum Gasteiger partial charge on any atom is 0.212 e. The second kappa shape index (κ2) is 38.5. The number of rotatable bonds is 11. The number of pyridine rings is 5. The highest BCUT2D eigenvalue weighted by Crippen LogP contribution is 2.26. The van der Waals surface area contributed by atoms with E-state index in [9.17, 15) is 0 Å². The van der Waals surface area contributed by atoms with Crippen molar-refractivity contribution >= 4 is 0 Å². The lowest BCUT2D eigenvalue weighted by Crippen LogP contribution is -2.32. The van der Waals surface area contributed by atoms with Crippen LogP contribution >= 0.6 is 0 Å². The van der Waals surface area contributed by atoms with Crippen molar-refractivity contribution in [2.24, 2.45) is 46.6 Å². The van der Waals surface area contributed by atoms with Gasteiger partial charge in [0.25, 0.3) is 0 Å². The van der Waals surface area contributed by atoms with Gasteiger partial charge in [-0.25, -0.2) is 22.8 Å². The predicted molar refractivity (Wildman–Crippen MR) is 397 cm³/mol. The fraction of sp³-hybridized carbons (Fsp3) is 0.360. The van der Waals surface area contributed by atoms with Gasteiger partial charge in [-0.15, -0.1) is 0 Å². The highest BCUT2D eigenvalue weighted by atomic mass is 14.9. The van der Waals surface area contributed by atoms with Crippen molar-refractivity contribution < 1.29 is 22.8 Å². The molecule has 0 aliphatic heterocycles. The minimum Gasteiger partial charge on any atom is -0.201 e. The minimum absolute atomic E-state index is 0. The quantitative estimate of drug-likeness (QED) is 0.115. The van der Waals surface area contributed by atoms with E-state index < -0.39 is 0 Å². The number of aryl methyl sites for hydroxylation is 12. The van der Waals surface area contributed by atoms with Crippen LogP contribution < -0.4 is 22.8 Å². The van der Waals surface area contributed by atoms with Crippen molar-refractivity contribution in [1.82, 2.24) is 0 Å². The summed E-state index contributed by atoms with van der Waals surface area (Å²) in [4.78, 5) is 0. The topological polar surface area (TPSA) is 19.4 Å². The van der Waals surface area contributed by atoms with Gasteiger partial charge < -0.3 is 0 Å². The molecule has 5 heteroatoms. The molecule has 0 spiro atoms. The van der Waals surface area contributed by atoms with E-state index >= 15 is 0 Å². The van der Waals surface area contributed by atoms with E-state index in [0.29, 0.717) is 17.3 Å². The molecular weight excluding hydrogens is 1100 g/mol. The van der Waals surface area contributed by atoms with Gasteiger partial charge in [-0.3, -0.25) is 0 Å². The monoisotopic (exact) mass is 1220 g/mol. The molecule has 0 fully saturated rings. The highest BCUT2D eigenvalue weighted by Gasteiger charge is 2.19. The zero-order valence-corrected chi connectivity index (χ0v) is 55.9. The molecule has 10 aromatic rings. The van der Waals surface area contributed by atoms with Crippen LogP contribution in [0.15, 0.2) is 213 Å². The SMILES string of the molecule is C.C.C.C.C.CCc1cc[n+](C)c(-c2ccccc2C)c1.CCc1ccc(-c2ccccc2C)[n+](C)c1.Cc1ccccc1-c1ccc(C(C)C)c[n+]1C.Cc1ccccc1-c1ccc(CC(C)(C)C)c[n+]1C.Cc1ccccc1-c1ccc(CC(C)C)c[n+]1C. The second-order valence-corrected chi connectivity index (χ2v) is 25.4. The van der Waals surface area contributed by atoms with Crippen LogP contribution in [0.5, 0.6) is 0 Å². The Labute approximate surface area is 556 Å². The fourth-order valence-corrected chi connectivity index (χ4v) is 11.0. The summed E-state index contributed by atoms with van der Waals surface area (Å²) in [5.74, 6) is 1.28. The van der Waals surface area contributed by atoms with Crippen LogP contribution in [-0.4, -0.2) is 0 Å². The van der Waals surface area contributed by atoms with Crippen LogP contribution in [0.2, 0.25) is 0 Å². The smallest absolute Gasteiger partial charge is 0.201 e. The van der Waals surface area contributed by atoms with Gasteiger partial charge in [0.2, 0.25) is 28.5 Å². The molecule has 5 aromatic heterocycles. The van der Waals surface area contributed by atoms with Gasteiger partial charge in [0.05, 0.1) is 0 Å². The van der Waals surface area contributed by atoms with Crippen LogP contribution in [0.25, 0.3) is 56.3 Å². The molecule has 5 nitrogen and oxygen atoms in total. The molecule has 10 rings (SSSR count). The Bertz CT molecular complexity index is 3800. The van der Waals surface area contributed by atoms with E-state index in [0.717, 1.165) is 25.7 Å². The number of benzene rings is 5. The molecule has 91 heavy (non-hydrogen) atoms. The summed E-state index contributed by atoms with van der Waals surface area (Å²) in [5, 5.41) is 0. The van der Waals surface area contributed by atoms with E-state index in [1.165, 1.54) is 112 Å². The third-order valence-electron chi connectivity index (χ3n) is 15.9. The number of hydrogen-bond acceptors (Lipinski definition) is 0. The first kappa shape index (κ1) is 80.9. The number of hydrogen-bond donors (Lipinski definition) is 0. The number of aromatic nitrogens is 5. The van der Waals surface area contributed by atoms with Crippen LogP contribution in [0, 0.1) is 46.0 Å². The van der Waals surface area contributed by atoms with E-state index in [1.807, 2.05) is 0 Å². The van der Waals surface area contributed by atoms with Crippen LogP contribution in [0.3, 0.4) is 0 Å². The molecule has 0 unspecified atom stereocenters. The molecule has 0 radical (unpaired) electrons. The van der Waals surface area contributed by atoms with Gasteiger partial charge in [0, 0.05) is 86.5 Å². The molecule has 5 aromatic carbocycles. The van der Waals surface area contributed by atoms with Crippen molar-refractivity contribution in [2.45, 2.75) is 166 Å². The third-order valence-corrected chi connectivity index (χ3v) is 15.9. The fourth-order valence-electron chi connectivity index (χ4n) is 11.0. The summed E-state index contributed by atoms with van der Waals surface area (Å²) in [6.07, 6.45) is 15.5. The third kappa shape index (κ3) is 23.6. The average molecular weight is 1230 g/mol. The second-order valence-electron chi connectivity index (χ2n) is 25.4. The Morgan fingerprint density at radius 1 is 0.330 bits per heavy atom. The maximum absolute atomic E-state index is 2.28. The first-order valence-electron chi connectivity index (χ1n) is 31.2. The molecule has 5 heterocycles. The van der Waals surface area contributed by atoms with E-state index in [-0.39, 0.29) is 37.1 Å². The van der Waals surface area contributed by atoms with Gasteiger partial charge in [-0.05, 0) is 166 Å². The van der Waals surface area contributed by atoms with Crippen molar-refractivity contribution in [3.05, 3.63) is 269 Å². The van der Waals surface area contributed by atoms with Gasteiger partial charge in [0.1, 0.15) is 35.2 Å². The zero-order chi connectivity index (χ0) is 62.7. The zero-order valence-electron chi connectivity index (χ0n) is 55.9. The lowest BCUT2D eigenvalue weighted by Gasteiger charge is -2.17. The molecule has 0 amide bonds. The molecular formula is C86H122N5+5. The van der Waals surface area contributed by atoms with Crippen LogP contribution in [0.4, 0.5) is 0 Å². The summed E-state index contributed by atoms with van der Waals surface area (Å²) in [6.45, 7) is 31.0. The van der Waals surface area contributed by atoms with Crippen molar-refractivity contribution in [2.75, 3.05) is 0 Å². The molecule has 486 valence electrons. The summed E-state index contributed by atoms with van der Waals surface area (Å²) < 4.78 is 11.1. The molecule has 0 N–H and O–H groups in total. The Morgan fingerprint density at radius 3 is 0.956 bits per heavy atom. The molecule has 0 aliphatic rings. The number of nitrogens with zero attached hydrogens (tertiary/aromatic N) is 5. The highest BCUT2D eigenvalue weighted by molar-refractivity contribution is 5.64. The Kier molecular flexibility index (Phi) is 34.2. The van der Waals surface area contributed by atoms with Crippen LogP contribution in [0.1, 0.15) is 161 Å².